The minimum Gasteiger partial charge on any atom is -0.493 e. The van der Waals surface area contributed by atoms with Crippen molar-refractivity contribution >= 4 is 20.8 Å². The third-order valence-corrected chi connectivity index (χ3v) is 5.49. The Hall–Kier alpha value is -2.57. The maximum Gasteiger partial charge on any atom is 0.240 e. The van der Waals surface area contributed by atoms with Crippen LogP contribution in [-0.4, -0.2) is 21.6 Å². The molecule has 0 aliphatic carbocycles. The summed E-state index contributed by atoms with van der Waals surface area (Å²) in [5, 5.41) is 1.89. The fourth-order valence-corrected chi connectivity index (χ4v) is 3.82. The number of nitrogens with one attached hydrogen (secondary N) is 1. The molecule has 0 saturated heterocycles. The zero-order chi connectivity index (χ0) is 19.4. The van der Waals surface area contributed by atoms with Crippen LogP contribution in [0.15, 0.2) is 65.6 Å². The van der Waals surface area contributed by atoms with Gasteiger partial charge in [-0.2, -0.15) is 0 Å². The average molecular weight is 385 g/mol. The van der Waals surface area contributed by atoms with Crippen LogP contribution in [0.4, 0.5) is 0 Å². The highest BCUT2D eigenvalue weighted by molar-refractivity contribution is 7.89. The van der Waals surface area contributed by atoms with E-state index in [9.17, 15) is 8.42 Å². The Morgan fingerprint density at radius 2 is 1.67 bits per heavy atom. The van der Waals surface area contributed by atoms with Crippen LogP contribution in [0, 0.1) is 0 Å². The minimum atomic E-state index is -3.62. The molecular weight excluding hydrogens is 362 g/mol. The Balaban J connectivity index is 1.78. The third-order valence-electron chi connectivity index (χ3n) is 4.09. The van der Waals surface area contributed by atoms with E-state index >= 15 is 0 Å². The highest BCUT2D eigenvalue weighted by atomic mass is 32.2. The Kier molecular flexibility index (Phi) is 5.68. The number of fused-ring (bicyclic) bond motifs is 1. The molecule has 27 heavy (non-hydrogen) atoms. The molecular formula is C21H23NO4S. The predicted molar refractivity (Wildman–Crippen MR) is 107 cm³/mol. The van der Waals surface area contributed by atoms with Gasteiger partial charge < -0.3 is 9.47 Å². The largest absolute Gasteiger partial charge is 0.493 e. The van der Waals surface area contributed by atoms with Gasteiger partial charge >= 0.3 is 0 Å². The van der Waals surface area contributed by atoms with Crippen LogP contribution < -0.4 is 14.2 Å². The molecule has 142 valence electrons. The summed E-state index contributed by atoms with van der Waals surface area (Å²) in [6.45, 7) is 4.03. The molecule has 0 aliphatic rings. The number of rotatable bonds is 7. The van der Waals surface area contributed by atoms with Crippen LogP contribution in [0.5, 0.6) is 11.5 Å². The van der Waals surface area contributed by atoms with Crippen molar-refractivity contribution in [2.75, 3.05) is 7.11 Å². The molecule has 0 bridgehead atoms. The number of benzene rings is 3. The molecule has 0 fully saturated rings. The highest BCUT2D eigenvalue weighted by Crippen LogP contribution is 2.29. The fourth-order valence-electron chi connectivity index (χ4n) is 2.77. The van der Waals surface area contributed by atoms with Crippen molar-refractivity contribution in [1.82, 2.24) is 4.72 Å². The summed E-state index contributed by atoms with van der Waals surface area (Å²) >= 11 is 0. The summed E-state index contributed by atoms with van der Waals surface area (Å²) in [6.07, 6.45) is 0.0242. The molecule has 3 aromatic carbocycles. The molecule has 0 radical (unpaired) electrons. The maximum absolute atomic E-state index is 12.6. The summed E-state index contributed by atoms with van der Waals surface area (Å²) in [5.41, 5.74) is 0.785. The lowest BCUT2D eigenvalue weighted by Crippen LogP contribution is -2.23. The van der Waals surface area contributed by atoms with Gasteiger partial charge in [-0.15, -0.1) is 0 Å². The van der Waals surface area contributed by atoms with Crippen LogP contribution >= 0.6 is 0 Å². The molecule has 0 amide bonds. The van der Waals surface area contributed by atoms with Crippen molar-refractivity contribution in [3.05, 3.63) is 66.2 Å². The van der Waals surface area contributed by atoms with Gasteiger partial charge in [0.15, 0.2) is 11.5 Å². The molecule has 5 nitrogen and oxygen atoms in total. The Morgan fingerprint density at radius 3 is 2.37 bits per heavy atom. The van der Waals surface area contributed by atoms with E-state index in [0.717, 1.165) is 16.3 Å². The first-order chi connectivity index (χ1) is 12.9. The molecule has 3 rings (SSSR count). The first kappa shape index (κ1) is 19.2. The first-order valence-corrected chi connectivity index (χ1v) is 10.2. The molecule has 3 aromatic rings. The van der Waals surface area contributed by atoms with Crippen molar-refractivity contribution in [2.45, 2.75) is 31.4 Å². The summed E-state index contributed by atoms with van der Waals surface area (Å²) in [7, 11) is -2.06. The second kappa shape index (κ2) is 7.98. The van der Waals surface area contributed by atoms with Gasteiger partial charge in [0.05, 0.1) is 18.1 Å². The van der Waals surface area contributed by atoms with E-state index < -0.39 is 10.0 Å². The third kappa shape index (κ3) is 4.59. The molecule has 0 aromatic heterocycles. The topological polar surface area (TPSA) is 64.6 Å². The zero-order valence-electron chi connectivity index (χ0n) is 15.6. The van der Waals surface area contributed by atoms with Crippen LogP contribution in [0.25, 0.3) is 10.8 Å². The molecule has 0 atom stereocenters. The van der Waals surface area contributed by atoms with Gasteiger partial charge in [-0.1, -0.05) is 36.4 Å². The van der Waals surface area contributed by atoms with Crippen LogP contribution in [0.1, 0.15) is 19.4 Å². The van der Waals surface area contributed by atoms with Gasteiger partial charge in [-0.25, -0.2) is 13.1 Å². The monoisotopic (exact) mass is 385 g/mol. The predicted octanol–water partition coefficient (Wildman–Crippen LogP) is 4.11. The van der Waals surface area contributed by atoms with Crippen molar-refractivity contribution in [1.29, 1.82) is 0 Å². The van der Waals surface area contributed by atoms with E-state index in [2.05, 4.69) is 4.72 Å². The van der Waals surface area contributed by atoms with Gasteiger partial charge in [0, 0.05) is 6.54 Å². The van der Waals surface area contributed by atoms with Crippen molar-refractivity contribution in [2.24, 2.45) is 0 Å². The van der Waals surface area contributed by atoms with E-state index in [1.54, 1.807) is 31.4 Å². The summed E-state index contributed by atoms with van der Waals surface area (Å²) in [4.78, 5) is 0.243. The van der Waals surface area contributed by atoms with Crippen molar-refractivity contribution < 1.29 is 17.9 Å². The summed E-state index contributed by atoms with van der Waals surface area (Å²) in [5.74, 6) is 1.21. The van der Waals surface area contributed by atoms with Crippen LogP contribution in [0.3, 0.4) is 0 Å². The number of methoxy groups -OCH3 is 1. The van der Waals surface area contributed by atoms with E-state index in [1.165, 1.54) is 0 Å². The minimum absolute atomic E-state index is 0.0242. The Labute approximate surface area is 160 Å². The van der Waals surface area contributed by atoms with Gasteiger partial charge in [0.2, 0.25) is 10.0 Å². The lowest BCUT2D eigenvalue weighted by molar-refractivity contribution is 0.230. The van der Waals surface area contributed by atoms with Crippen molar-refractivity contribution in [3.63, 3.8) is 0 Å². The van der Waals surface area contributed by atoms with Crippen LogP contribution in [-0.2, 0) is 16.6 Å². The zero-order valence-corrected chi connectivity index (χ0v) is 16.4. The Bertz CT molecular complexity index is 1040. The number of hydrogen-bond acceptors (Lipinski definition) is 4. The first-order valence-electron chi connectivity index (χ1n) is 8.71. The van der Waals surface area contributed by atoms with E-state index in [-0.39, 0.29) is 17.5 Å². The van der Waals surface area contributed by atoms with Gasteiger partial charge in [-0.05, 0) is 54.4 Å². The molecule has 1 N–H and O–H groups in total. The lowest BCUT2D eigenvalue weighted by Gasteiger charge is -2.15. The molecule has 0 unspecified atom stereocenters. The van der Waals surface area contributed by atoms with Crippen molar-refractivity contribution in [3.8, 4) is 11.5 Å². The smallest absolute Gasteiger partial charge is 0.240 e. The summed E-state index contributed by atoms with van der Waals surface area (Å²) < 4.78 is 39.0. The normalized spacial score (nSPS) is 11.7. The highest BCUT2D eigenvalue weighted by Gasteiger charge is 2.15. The summed E-state index contributed by atoms with van der Waals surface area (Å²) in [6, 6.07) is 18.2. The molecule has 0 spiro atoms. The number of hydrogen-bond donors (Lipinski definition) is 1. The Morgan fingerprint density at radius 1 is 0.926 bits per heavy atom. The second-order valence-electron chi connectivity index (χ2n) is 6.49. The standard InChI is InChI=1S/C21H23NO4S/c1-15(2)26-20-11-8-16(12-21(20)25-3)14-22-27(23,24)19-10-9-17-6-4-5-7-18(17)13-19/h4-13,15,22H,14H2,1-3H3. The SMILES string of the molecule is COc1cc(CNS(=O)(=O)c2ccc3ccccc3c2)ccc1OC(C)C. The maximum atomic E-state index is 12.6. The van der Waals surface area contributed by atoms with E-state index in [4.69, 9.17) is 9.47 Å². The van der Waals surface area contributed by atoms with E-state index in [1.807, 2.05) is 50.2 Å². The number of ether oxygens (including phenoxy) is 2. The quantitative estimate of drug-likeness (QED) is 0.665. The molecule has 0 saturated carbocycles. The average Bonchev–Trinajstić information content (AvgIpc) is 2.66. The number of sulfonamides is 1. The molecule has 0 heterocycles. The van der Waals surface area contributed by atoms with Gasteiger partial charge in [0.25, 0.3) is 0 Å². The van der Waals surface area contributed by atoms with Crippen LogP contribution in [0.2, 0.25) is 0 Å². The van der Waals surface area contributed by atoms with Gasteiger partial charge in [0.1, 0.15) is 0 Å². The molecule has 0 aliphatic heterocycles. The fraction of sp³-hybridized carbons (Fsp3) is 0.238. The van der Waals surface area contributed by atoms with E-state index in [0.29, 0.717) is 11.5 Å². The second-order valence-corrected chi connectivity index (χ2v) is 8.25. The van der Waals surface area contributed by atoms with Gasteiger partial charge in [-0.3, -0.25) is 0 Å². The molecule has 6 heteroatoms. The lowest BCUT2D eigenvalue weighted by atomic mass is 10.1.